The van der Waals surface area contributed by atoms with Crippen LogP contribution in [0.2, 0.25) is 0 Å². The lowest BCUT2D eigenvalue weighted by atomic mass is 10.1. The molecule has 0 unspecified atom stereocenters. The average molecular weight is 418 g/mol. The van der Waals surface area contributed by atoms with Crippen molar-refractivity contribution < 1.29 is 14.2 Å². The van der Waals surface area contributed by atoms with Crippen molar-refractivity contribution in [2.75, 3.05) is 21.3 Å². The van der Waals surface area contributed by atoms with Gasteiger partial charge in [0.05, 0.1) is 38.4 Å². The Morgan fingerprint density at radius 3 is 2.10 bits per heavy atom. The lowest BCUT2D eigenvalue weighted by Gasteiger charge is -2.13. The summed E-state index contributed by atoms with van der Waals surface area (Å²) in [6.07, 6.45) is 1.86. The monoisotopic (exact) mass is 418 g/mol. The predicted octanol–water partition coefficient (Wildman–Crippen LogP) is 4.88. The normalized spacial score (nSPS) is 10.9. The smallest absolute Gasteiger partial charge is 0.203 e. The first-order valence-corrected chi connectivity index (χ1v) is 9.95. The molecule has 0 aliphatic rings. The summed E-state index contributed by atoms with van der Waals surface area (Å²) in [5, 5.41) is 7.62. The maximum absolute atomic E-state index is 5.47. The zero-order valence-corrected chi connectivity index (χ0v) is 18.6. The van der Waals surface area contributed by atoms with Gasteiger partial charge < -0.3 is 18.8 Å². The van der Waals surface area contributed by atoms with Gasteiger partial charge in [-0.3, -0.25) is 5.10 Å². The molecule has 31 heavy (non-hydrogen) atoms. The van der Waals surface area contributed by atoms with Crippen molar-refractivity contribution in [1.29, 1.82) is 0 Å². The maximum atomic E-state index is 5.47. The fourth-order valence-corrected chi connectivity index (χ4v) is 3.90. The van der Waals surface area contributed by atoms with Crippen LogP contribution in [0.25, 0.3) is 28.3 Å². The molecule has 2 aromatic carbocycles. The van der Waals surface area contributed by atoms with E-state index in [9.17, 15) is 0 Å². The molecule has 160 valence electrons. The number of aromatic nitrogens is 4. The van der Waals surface area contributed by atoms with E-state index in [0.29, 0.717) is 17.2 Å². The molecular formula is C24H26N4O3. The van der Waals surface area contributed by atoms with Crippen LogP contribution in [-0.2, 0) is 0 Å². The lowest BCUT2D eigenvalue weighted by Crippen LogP contribution is -2.00. The highest BCUT2D eigenvalue weighted by Crippen LogP contribution is 2.41. The number of para-hydroxylation sites is 1. The van der Waals surface area contributed by atoms with Gasteiger partial charge in [0.25, 0.3) is 0 Å². The molecule has 0 spiro atoms. The Bertz CT molecular complexity index is 1190. The van der Waals surface area contributed by atoms with Crippen LogP contribution in [-0.4, -0.2) is 41.1 Å². The van der Waals surface area contributed by atoms with Gasteiger partial charge in [-0.2, -0.15) is 5.10 Å². The third-order valence-corrected chi connectivity index (χ3v) is 5.48. The molecule has 4 rings (SSSR count). The summed E-state index contributed by atoms with van der Waals surface area (Å²) in [5.74, 6) is 1.71. The molecular weight excluding hydrogens is 392 g/mol. The third-order valence-electron chi connectivity index (χ3n) is 5.48. The molecule has 0 radical (unpaired) electrons. The Morgan fingerprint density at radius 2 is 1.52 bits per heavy atom. The van der Waals surface area contributed by atoms with Crippen molar-refractivity contribution in [2.45, 2.75) is 20.8 Å². The van der Waals surface area contributed by atoms with Gasteiger partial charge in [-0.05, 0) is 50.1 Å². The fraction of sp³-hybridized carbons (Fsp3) is 0.250. The molecule has 0 atom stereocenters. The first kappa shape index (κ1) is 20.5. The second kappa shape index (κ2) is 8.18. The Kier molecular flexibility index (Phi) is 5.42. The second-order valence-electron chi connectivity index (χ2n) is 7.37. The molecule has 7 heteroatoms. The van der Waals surface area contributed by atoms with E-state index < -0.39 is 0 Å². The number of nitrogens with zero attached hydrogens (tertiary/aromatic N) is 3. The zero-order chi connectivity index (χ0) is 22.1. The standard InChI is InChI=1S/C24H26N4O3/c1-14-8-7-9-15(2)23(14)28-13-25-22(16(28)3)19-12-18(26-27-19)17-10-20(29-4)24(31-6)21(11-17)30-5/h7-13H,1-6H3,(H,26,27). The highest BCUT2D eigenvalue weighted by atomic mass is 16.5. The quantitative estimate of drug-likeness (QED) is 0.483. The summed E-state index contributed by atoms with van der Waals surface area (Å²) in [5.41, 5.74) is 7.91. The van der Waals surface area contributed by atoms with Crippen LogP contribution in [0, 0.1) is 20.8 Å². The number of ether oxygens (including phenoxy) is 3. The molecule has 4 aromatic rings. The lowest BCUT2D eigenvalue weighted by molar-refractivity contribution is 0.324. The van der Waals surface area contributed by atoms with E-state index >= 15 is 0 Å². The first-order chi connectivity index (χ1) is 15.0. The van der Waals surface area contributed by atoms with Crippen molar-refractivity contribution in [3.05, 3.63) is 59.5 Å². The van der Waals surface area contributed by atoms with E-state index in [4.69, 9.17) is 14.2 Å². The molecule has 0 aliphatic heterocycles. The number of H-pyrrole nitrogens is 1. The highest BCUT2D eigenvalue weighted by molar-refractivity contribution is 5.72. The van der Waals surface area contributed by atoms with Crippen LogP contribution in [0.4, 0.5) is 0 Å². The van der Waals surface area contributed by atoms with Crippen LogP contribution >= 0.6 is 0 Å². The number of imidazole rings is 1. The van der Waals surface area contributed by atoms with Gasteiger partial charge in [0.2, 0.25) is 5.75 Å². The van der Waals surface area contributed by atoms with Crippen LogP contribution in [0.1, 0.15) is 16.8 Å². The van der Waals surface area contributed by atoms with Crippen LogP contribution in [0.3, 0.4) is 0 Å². The minimum absolute atomic E-state index is 0.549. The number of hydrogen-bond acceptors (Lipinski definition) is 5. The maximum Gasteiger partial charge on any atom is 0.203 e. The van der Waals surface area contributed by atoms with Crippen molar-refractivity contribution in [3.63, 3.8) is 0 Å². The van der Waals surface area contributed by atoms with Gasteiger partial charge in [-0.15, -0.1) is 0 Å². The topological polar surface area (TPSA) is 74.2 Å². The van der Waals surface area contributed by atoms with Crippen LogP contribution in [0.5, 0.6) is 17.2 Å². The Morgan fingerprint density at radius 1 is 0.871 bits per heavy atom. The Hall–Kier alpha value is -3.74. The number of rotatable bonds is 6. The number of methoxy groups -OCH3 is 3. The molecule has 2 heterocycles. The van der Waals surface area contributed by atoms with Crippen molar-refractivity contribution in [3.8, 4) is 45.6 Å². The van der Waals surface area contributed by atoms with E-state index in [1.165, 1.54) is 11.1 Å². The van der Waals surface area contributed by atoms with Gasteiger partial charge >= 0.3 is 0 Å². The summed E-state index contributed by atoms with van der Waals surface area (Å²) in [6.45, 7) is 6.29. The number of benzene rings is 2. The third kappa shape index (κ3) is 3.52. The first-order valence-electron chi connectivity index (χ1n) is 9.95. The summed E-state index contributed by atoms with van der Waals surface area (Å²) in [6, 6.07) is 12.0. The SMILES string of the molecule is COc1cc(-c2cc(-c3ncn(-c4c(C)cccc4C)c3C)[nH]n2)cc(OC)c1OC. The van der Waals surface area contributed by atoms with E-state index in [1.807, 2.05) is 24.5 Å². The molecule has 0 saturated carbocycles. The van der Waals surface area contributed by atoms with Gasteiger partial charge in [-0.25, -0.2) is 4.98 Å². The van der Waals surface area contributed by atoms with Crippen molar-refractivity contribution in [2.24, 2.45) is 0 Å². The van der Waals surface area contributed by atoms with Crippen LogP contribution in [0.15, 0.2) is 42.7 Å². The summed E-state index contributed by atoms with van der Waals surface area (Å²) >= 11 is 0. The van der Waals surface area contributed by atoms with Gasteiger partial charge in [0.15, 0.2) is 11.5 Å². The second-order valence-corrected chi connectivity index (χ2v) is 7.37. The van der Waals surface area contributed by atoms with Crippen molar-refractivity contribution in [1.82, 2.24) is 19.7 Å². The summed E-state index contributed by atoms with van der Waals surface area (Å²) < 4.78 is 18.5. The average Bonchev–Trinajstić information content (AvgIpc) is 3.40. The molecule has 0 aliphatic carbocycles. The van der Waals surface area contributed by atoms with E-state index in [2.05, 4.69) is 58.7 Å². The molecule has 0 saturated heterocycles. The summed E-state index contributed by atoms with van der Waals surface area (Å²) in [7, 11) is 4.78. The van der Waals surface area contributed by atoms with E-state index in [1.54, 1.807) is 21.3 Å². The molecule has 0 fully saturated rings. The molecule has 2 aromatic heterocycles. The Labute approximate surface area is 181 Å². The molecule has 0 amide bonds. The number of aryl methyl sites for hydroxylation is 2. The van der Waals surface area contributed by atoms with Gasteiger partial charge in [0.1, 0.15) is 12.0 Å². The minimum Gasteiger partial charge on any atom is -0.493 e. The van der Waals surface area contributed by atoms with Gasteiger partial charge in [-0.1, -0.05) is 18.2 Å². The number of aromatic amines is 1. The summed E-state index contributed by atoms with van der Waals surface area (Å²) in [4.78, 5) is 4.67. The fourth-order valence-electron chi connectivity index (χ4n) is 3.90. The van der Waals surface area contributed by atoms with Gasteiger partial charge in [0, 0.05) is 11.3 Å². The largest absolute Gasteiger partial charge is 0.493 e. The molecule has 7 nitrogen and oxygen atoms in total. The number of nitrogens with one attached hydrogen (secondary N) is 1. The Balaban J connectivity index is 1.75. The van der Waals surface area contributed by atoms with Crippen molar-refractivity contribution >= 4 is 0 Å². The van der Waals surface area contributed by atoms with E-state index in [0.717, 1.165) is 34.0 Å². The van der Waals surface area contributed by atoms with E-state index in [-0.39, 0.29) is 0 Å². The molecule has 0 bridgehead atoms. The zero-order valence-electron chi connectivity index (χ0n) is 18.6. The number of hydrogen-bond donors (Lipinski definition) is 1. The molecule has 1 N–H and O–H groups in total. The highest BCUT2D eigenvalue weighted by Gasteiger charge is 2.18. The minimum atomic E-state index is 0.549. The van der Waals surface area contributed by atoms with Crippen LogP contribution < -0.4 is 14.2 Å². The predicted molar refractivity (Wildman–Crippen MR) is 120 cm³/mol.